The zero-order chi connectivity index (χ0) is 16.9. The first-order chi connectivity index (χ1) is 11.6. The van der Waals surface area contributed by atoms with Crippen molar-refractivity contribution in [1.29, 1.82) is 0 Å². The van der Waals surface area contributed by atoms with Crippen LogP contribution in [-0.4, -0.2) is 58.6 Å². The Morgan fingerprint density at radius 3 is 2.67 bits per heavy atom. The number of carbonyl (C=O) groups is 1. The molecule has 0 unspecified atom stereocenters. The molecule has 0 saturated carbocycles. The summed E-state index contributed by atoms with van der Waals surface area (Å²) in [4.78, 5) is 21.3. The minimum atomic E-state index is 0.336. The van der Waals surface area contributed by atoms with E-state index in [0.717, 1.165) is 44.6 Å². The topological polar surface area (TPSA) is 62.5 Å². The third kappa shape index (κ3) is 4.56. The van der Waals surface area contributed by atoms with Crippen LogP contribution in [0.1, 0.15) is 56.7 Å². The fourth-order valence-corrected chi connectivity index (χ4v) is 4.03. The average Bonchev–Trinajstić information content (AvgIpc) is 2.99. The van der Waals surface area contributed by atoms with Gasteiger partial charge in [0.05, 0.1) is 0 Å². The molecule has 1 aromatic rings. The van der Waals surface area contributed by atoms with E-state index in [9.17, 15) is 4.79 Å². The van der Waals surface area contributed by atoms with Crippen molar-refractivity contribution in [2.75, 3.05) is 26.7 Å². The molecule has 3 rings (SSSR count). The number of likely N-dealkylation sites (tertiary alicyclic amines) is 2. The lowest BCUT2D eigenvalue weighted by molar-refractivity contribution is -0.133. The van der Waals surface area contributed by atoms with Gasteiger partial charge in [0.1, 0.15) is 0 Å². The first kappa shape index (κ1) is 17.4. The number of carbonyl (C=O) groups excluding carboxylic acids is 1. The summed E-state index contributed by atoms with van der Waals surface area (Å²) in [6.07, 6.45) is 8.52. The maximum atomic E-state index is 12.5. The van der Waals surface area contributed by atoms with Crippen molar-refractivity contribution in [3.63, 3.8) is 0 Å². The molecule has 24 heavy (non-hydrogen) atoms. The monoisotopic (exact) mass is 334 g/mol. The predicted octanol–water partition coefficient (Wildman–Crippen LogP) is 2.42. The maximum Gasteiger partial charge on any atom is 0.223 e. The molecule has 0 N–H and O–H groups in total. The highest BCUT2D eigenvalue weighted by Crippen LogP contribution is 2.23. The van der Waals surface area contributed by atoms with Crippen molar-refractivity contribution in [1.82, 2.24) is 19.9 Å². The Labute approximate surface area is 144 Å². The highest BCUT2D eigenvalue weighted by Gasteiger charge is 2.25. The van der Waals surface area contributed by atoms with E-state index < -0.39 is 0 Å². The highest BCUT2D eigenvalue weighted by molar-refractivity contribution is 5.76. The Hall–Kier alpha value is -1.43. The molecule has 0 aromatic carbocycles. The second kappa shape index (κ2) is 8.10. The Kier molecular flexibility index (Phi) is 5.87. The summed E-state index contributed by atoms with van der Waals surface area (Å²) >= 11 is 0. The Bertz CT molecular complexity index is 537. The van der Waals surface area contributed by atoms with E-state index in [0.29, 0.717) is 30.2 Å². The van der Waals surface area contributed by atoms with Crippen LogP contribution in [0.4, 0.5) is 0 Å². The van der Waals surface area contributed by atoms with Gasteiger partial charge in [0, 0.05) is 38.9 Å². The molecule has 1 amide bonds. The van der Waals surface area contributed by atoms with Crippen LogP contribution in [0, 0.1) is 12.8 Å². The average molecular weight is 334 g/mol. The molecule has 1 aromatic heterocycles. The molecular weight excluding hydrogens is 304 g/mol. The van der Waals surface area contributed by atoms with Gasteiger partial charge in [-0.1, -0.05) is 11.6 Å². The lowest BCUT2D eigenvalue weighted by Crippen LogP contribution is -2.41. The second-order valence-electron chi connectivity index (χ2n) is 7.43. The standard InChI is InChI=1S/C18H30N4O2/c1-14-19-17(20-24-14)13-15-8-11-22(12-9-15)18(23)7-6-16-5-3-4-10-21(16)2/h15-16H,3-13H2,1-2H3/t16-/m1/s1. The van der Waals surface area contributed by atoms with Crippen molar-refractivity contribution in [2.45, 2.75) is 64.3 Å². The molecule has 6 nitrogen and oxygen atoms in total. The van der Waals surface area contributed by atoms with E-state index in [2.05, 4.69) is 27.0 Å². The zero-order valence-corrected chi connectivity index (χ0v) is 15.0. The van der Waals surface area contributed by atoms with Crippen molar-refractivity contribution in [2.24, 2.45) is 5.92 Å². The van der Waals surface area contributed by atoms with Gasteiger partial charge in [-0.15, -0.1) is 0 Å². The number of nitrogens with zero attached hydrogens (tertiary/aromatic N) is 4. The molecule has 0 spiro atoms. The molecule has 0 bridgehead atoms. The van der Waals surface area contributed by atoms with Gasteiger partial charge in [-0.05, 0) is 51.6 Å². The fraction of sp³-hybridized carbons (Fsp3) is 0.833. The Balaban J connectivity index is 1.38. The van der Waals surface area contributed by atoms with E-state index in [1.807, 2.05) is 6.92 Å². The molecule has 2 aliphatic rings. The Morgan fingerprint density at radius 1 is 1.21 bits per heavy atom. The quantitative estimate of drug-likeness (QED) is 0.827. The molecule has 0 aliphatic carbocycles. The smallest absolute Gasteiger partial charge is 0.223 e. The third-order valence-electron chi connectivity index (χ3n) is 5.62. The highest BCUT2D eigenvalue weighted by atomic mass is 16.5. The van der Waals surface area contributed by atoms with Gasteiger partial charge < -0.3 is 14.3 Å². The van der Waals surface area contributed by atoms with Crippen molar-refractivity contribution in [3.8, 4) is 0 Å². The van der Waals surface area contributed by atoms with Gasteiger partial charge in [0.25, 0.3) is 0 Å². The molecular formula is C18H30N4O2. The third-order valence-corrected chi connectivity index (χ3v) is 5.62. The summed E-state index contributed by atoms with van der Waals surface area (Å²) in [6, 6.07) is 0.599. The van der Waals surface area contributed by atoms with Crippen LogP contribution in [0.2, 0.25) is 0 Å². The van der Waals surface area contributed by atoms with Crippen LogP contribution in [-0.2, 0) is 11.2 Å². The number of hydrogen-bond donors (Lipinski definition) is 0. The second-order valence-corrected chi connectivity index (χ2v) is 7.43. The summed E-state index contributed by atoms with van der Waals surface area (Å²) < 4.78 is 5.03. The van der Waals surface area contributed by atoms with Gasteiger partial charge in [-0.25, -0.2) is 0 Å². The van der Waals surface area contributed by atoms with Crippen LogP contribution in [0.5, 0.6) is 0 Å². The van der Waals surface area contributed by atoms with E-state index >= 15 is 0 Å². The SMILES string of the molecule is Cc1nc(CC2CCN(C(=O)CC[C@H]3CCCCN3C)CC2)no1. The number of aryl methyl sites for hydroxylation is 1. The van der Waals surface area contributed by atoms with Crippen LogP contribution in [0.25, 0.3) is 0 Å². The first-order valence-electron chi connectivity index (χ1n) is 9.39. The van der Waals surface area contributed by atoms with E-state index in [4.69, 9.17) is 4.52 Å². The Morgan fingerprint density at radius 2 is 2.00 bits per heavy atom. The molecule has 1 atom stereocenters. The number of piperidine rings is 2. The summed E-state index contributed by atoms with van der Waals surface area (Å²) in [7, 11) is 2.19. The molecule has 6 heteroatoms. The summed E-state index contributed by atoms with van der Waals surface area (Å²) in [5.41, 5.74) is 0. The van der Waals surface area contributed by atoms with Crippen LogP contribution in [0.3, 0.4) is 0 Å². The van der Waals surface area contributed by atoms with Crippen LogP contribution >= 0.6 is 0 Å². The van der Waals surface area contributed by atoms with Crippen molar-refractivity contribution >= 4 is 5.91 Å². The number of hydrogen-bond acceptors (Lipinski definition) is 5. The lowest BCUT2D eigenvalue weighted by atomic mass is 9.92. The van der Waals surface area contributed by atoms with E-state index in [1.165, 1.54) is 25.8 Å². The predicted molar refractivity (Wildman–Crippen MR) is 91.5 cm³/mol. The van der Waals surface area contributed by atoms with Gasteiger partial charge in [0.2, 0.25) is 11.8 Å². The minimum absolute atomic E-state index is 0.336. The molecule has 0 radical (unpaired) electrons. The molecule has 134 valence electrons. The van der Waals surface area contributed by atoms with Crippen LogP contribution in [0.15, 0.2) is 4.52 Å². The van der Waals surface area contributed by atoms with E-state index in [1.54, 1.807) is 0 Å². The number of amides is 1. The normalized spacial score (nSPS) is 23.6. The largest absolute Gasteiger partial charge is 0.343 e. The van der Waals surface area contributed by atoms with Gasteiger partial charge in [-0.2, -0.15) is 4.98 Å². The van der Waals surface area contributed by atoms with Crippen molar-refractivity contribution < 1.29 is 9.32 Å². The number of rotatable bonds is 5. The fourth-order valence-electron chi connectivity index (χ4n) is 4.03. The zero-order valence-electron chi connectivity index (χ0n) is 15.0. The van der Waals surface area contributed by atoms with Gasteiger partial charge >= 0.3 is 0 Å². The minimum Gasteiger partial charge on any atom is -0.343 e. The lowest BCUT2D eigenvalue weighted by Gasteiger charge is -2.34. The molecule has 2 fully saturated rings. The summed E-state index contributed by atoms with van der Waals surface area (Å²) in [6.45, 7) is 4.75. The maximum absolute atomic E-state index is 12.5. The molecule has 2 aliphatic heterocycles. The first-order valence-corrected chi connectivity index (χ1v) is 9.39. The molecule has 3 heterocycles. The summed E-state index contributed by atoms with van der Waals surface area (Å²) in [5, 5.41) is 3.98. The summed E-state index contributed by atoms with van der Waals surface area (Å²) in [5.74, 6) is 2.33. The van der Waals surface area contributed by atoms with Crippen LogP contribution < -0.4 is 0 Å². The number of aromatic nitrogens is 2. The van der Waals surface area contributed by atoms with E-state index in [-0.39, 0.29) is 0 Å². The van der Waals surface area contributed by atoms with Gasteiger partial charge in [0.15, 0.2) is 5.82 Å². The van der Waals surface area contributed by atoms with Gasteiger partial charge in [-0.3, -0.25) is 4.79 Å². The van der Waals surface area contributed by atoms with Crippen molar-refractivity contribution in [3.05, 3.63) is 11.7 Å². The molecule has 2 saturated heterocycles.